The molecule has 1 aromatic rings. The molecule has 0 amide bonds. The molecule has 0 aliphatic carbocycles. The third kappa shape index (κ3) is 2.16. The van der Waals surface area contributed by atoms with Gasteiger partial charge in [0.1, 0.15) is 5.75 Å². The first-order valence-corrected chi connectivity index (χ1v) is 4.12. The number of ether oxygens (including phenoxy) is 1. The second-order valence-electron chi connectivity index (χ2n) is 3.19. The highest BCUT2D eigenvalue weighted by atomic mass is 16.5. The number of aryl methyl sites for hydroxylation is 1. The van der Waals surface area contributed by atoms with Gasteiger partial charge in [-0.25, -0.2) is 0 Å². The summed E-state index contributed by atoms with van der Waals surface area (Å²) in [7, 11) is 0. The summed E-state index contributed by atoms with van der Waals surface area (Å²) in [5.41, 5.74) is 7.54. The lowest BCUT2D eigenvalue weighted by Gasteiger charge is -2.10. The van der Waals surface area contributed by atoms with Crippen molar-refractivity contribution in [2.24, 2.45) is 0 Å². The van der Waals surface area contributed by atoms with Gasteiger partial charge in [-0.2, -0.15) is 0 Å². The van der Waals surface area contributed by atoms with Crippen LogP contribution in [0.3, 0.4) is 0 Å². The van der Waals surface area contributed by atoms with Crippen molar-refractivity contribution in [3.63, 3.8) is 0 Å². The van der Waals surface area contributed by atoms with Crippen molar-refractivity contribution in [2.45, 2.75) is 26.9 Å². The maximum Gasteiger partial charge on any atom is 0.120 e. The van der Waals surface area contributed by atoms with E-state index in [1.165, 1.54) is 0 Å². The van der Waals surface area contributed by atoms with E-state index in [1.54, 1.807) is 0 Å². The Bertz CT molecular complexity index is 269. The molecule has 1 aromatic carbocycles. The van der Waals surface area contributed by atoms with Gasteiger partial charge in [0.2, 0.25) is 0 Å². The molecule has 1 rings (SSSR count). The van der Waals surface area contributed by atoms with Crippen molar-refractivity contribution in [3.8, 4) is 5.75 Å². The lowest BCUT2D eigenvalue weighted by Crippen LogP contribution is -2.05. The van der Waals surface area contributed by atoms with Gasteiger partial charge in [-0.1, -0.05) is 0 Å². The fourth-order valence-electron chi connectivity index (χ4n) is 0.994. The number of benzene rings is 1. The summed E-state index contributed by atoms with van der Waals surface area (Å²) in [4.78, 5) is 0. The first-order chi connectivity index (χ1) is 5.59. The van der Waals surface area contributed by atoms with Gasteiger partial charge < -0.3 is 10.5 Å². The van der Waals surface area contributed by atoms with E-state index < -0.39 is 0 Å². The summed E-state index contributed by atoms with van der Waals surface area (Å²) < 4.78 is 5.49. The summed E-state index contributed by atoms with van der Waals surface area (Å²) in [5.74, 6) is 0.886. The molecule has 0 atom stereocenters. The molecule has 0 heterocycles. The molecule has 2 nitrogen and oxygen atoms in total. The molecular weight excluding hydrogens is 150 g/mol. The Morgan fingerprint density at radius 3 is 2.50 bits per heavy atom. The molecule has 2 heteroatoms. The van der Waals surface area contributed by atoms with Crippen LogP contribution in [-0.2, 0) is 0 Å². The molecule has 12 heavy (non-hydrogen) atoms. The van der Waals surface area contributed by atoms with E-state index in [1.807, 2.05) is 39.0 Å². The van der Waals surface area contributed by atoms with Crippen LogP contribution < -0.4 is 10.5 Å². The maximum atomic E-state index is 5.66. The monoisotopic (exact) mass is 165 g/mol. The number of nitrogen functional groups attached to an aromatic ring is 1. The van der Waals surface area contributed by atoms with Gasteiger partial charge in [-0.15, -0.1) is 0 Å². The summed E-state index contributed by atoms with van der Waals surface area (Å²) in [6.07, 6.45) is 0.216. The first kappa shape index (κ1) is 8.91. The van der Waals surface area contributed by atoms with Crippen LogP contribution in [0.2, 0.25) is 0 Å². The van der Waals surface area contributed by atoms with Crippen LogP contribution in [0, 0.1) is 6.92 Å². The van der Waals surface area contributed by atoms with E-state index in [2.05, 4.69) is 0 Å². The molecule has 0 unspecified atom stereocenters. The molecular formula is C10H15NO. The highest BCUT2D eigenvalue weighted by Gasteiger charge is 1.99. The van der Waals surface area contributed by atoms with Crippen LogP contribution in [-0.4, -0.2) is 6.10 Å². The van der Waals surface area contributed by atoms with E-state index in [0.29, 0.717) is 0 Å². The van der Waals surface area contributed by atoms with Crippen LogP contribution in [0.5, 0.6) is 5.75 Å². The van der Waals surface area contributed by atoms with E-state index in [-0.39, 0.29) is 6.10 Å². The molecule has 0 spiro atoms. The highest BCUT2D eigenvalue weighted by molar-refractivity contribution is 5.49. The lowest BCUT2D eigenvalue weighted by molar-refractivity contribution is 0.242. The number of hydrogen-bond acceptors (Lipinski definition) is 2. The van der Waals surface area contributed by atoms with E-state index in [9.17, 15) is 0 Å². The zero-order valence-electron chi connectivity index (χ0n) is 7.79. The average Bonchev–Trinajstić information content (AvgIpc) is 1.96. The fraction of sp³-hybridized carbons (Fsp3) is 0.400. The van der Waals surface area contributed by atoms with Crippen molar-refractivity contribution in [1.82, 2.24) is 0 Å². The molecule has 0 aromatic heterocycles. The van der Waals surface area contributed by atoms with E-state index >= 15 is 0 Å². The predicted octanol–water partition coefficient (Wildman–Crippen LogP) is 2.36. The van der Waals surface area contributed by atoms with Crippen molar-refractivity contribution in [2.75, 3.05) is 5.73 Å². The molecule has 0 saturated heterocycles. The summed E-state index contributed by atoms with van der Waals surface area (Å²) in [6, 6.07) is 5.71. The van der Waals surface area contributed by atoms with Gasteiger partial charge in [-0.3, -0.25) is 0 Å². The Hall–Kier alpha value is -1.18. The Labute approximate surface area is 73.3 Å². The van der Waals surface area contributed by atoms with Gasteiger partial charge in [0.25, 0.3) is 0 Å². The minimum atomic E-state index is 0.216. The molecule has 0 radical (unpaired) electrons. The molecule has 0 bridgehead atoms. The number of anilines is 1. The van der Waals surface area contributed by atoms with E-state index in [4.69, 9.17) is 10.5 Å². The minimum Gasteiger partial charge on any atom is -0.491 e. The van der Waals surface area contributed by atoms with E-state index in [0.717, 1.165) is 17.0 Å². The Morgan fingerprint density at radius 2 is 2.00 bits per heavy atom. The molecule has 2 N–H and O–H groups in total. The van der Waals surface area contributed by atoms with Crippen LogP contribution in [0.4, 0.5) is 5.69 Å². The molecule has 0 aliphatic heterocycles. The Kier molecular flexibility index (Phi) is 2.58. The minimum absolute atomic E-state index is 0.216. The average molecular weight is 165 g/mol. The Morgan fingerprint density at radius 1 is 1.33 bits per heavy atom. The van der Waals surface area contributed by atoms with Gasteiger partial charge in [0, 0.05) is 5.69 Å². The fourth-order valence-corrected chi connectivity index (χ4v) is 0.994. The van der Waals surface area contributed by atoms with Crippen molar-refractivity contribution in [3.05, 3.63) is 23.8 Å². The van der Waals surface area contributed by atoms with Gasteiger partial charge in [0.05, 0.1) is 6.10 Å². The SMILES string of the molecule is Cc1cc(OC(C)C)ccc1N. The Balaban J connectivity index is 2.82. The van der Waals surface area contributed by atoms with Crippen LogP contribution in [0.1, 0.15) is 19.4 Å². The second-order valence-corrected chi connectivity index (χ2v) is 3.19. The van der Waals surface area contributed by atoms with Crippen molar-refractivity contribution in [1.29, 1.82) is 0 Å². The van der Waals surface area contributed by atoms with Crippen LogP contribution in [0.15, 0.2) is 18.2 Å². The zero-order chi connectivity index (χ0) is 9.14. The third-order valence-electron chi connectivity index (χ3n) is 1.61. The summed E-state index contributed by atoms with van der Waals surface area (Å²) in [5, 5.41) is 0. The zero-order valence-corrected chi connectivity index (χ0v) is 7.79. The van der Waals surface area contributed by atoms with Crippen molar-refractivity contribution >= 4 is 5.69 Å². The molecule has 0 aliphatic rings. The molecule has 66 valence electrons. The molecule has 0 saturated carbocycles. The largest absolute Gasteiger partial charge is 0.491 e. The van der Waals surface area contributed by atoms with Gasteiger partial charge in [-0.05, 0) is 44.5 Å². The molecule has 0 fully saturated rings. The number of hydrogen-bond donors (Lipinski definition) is 1. The predicted molar refractivity (Wildman–Crippen MR) is 51.4 cm³/mol. The lowest BCUT2D eigenvalue weighted by atomic mass is 10.2. The summed E-state index contributed by atoms with van der Waals surface area (Å²) >= 11 is 0. The van der Waals surface area contributed by atoms with Crippen LogP contribution >= 0.6 is 0 Å². The van der Waals surface area contributed by atoms with Crippen molar-refractivity contribution < 1.29 is 4.74 Å². The normalized spacial score (nSPS) is 10.3. The van der Waals surface area contributed by atoms with Crippen LogP contribution in [0.25, 0.3) is 0 Å². The number of nitrogens with two attached hydrogens (primary N) is 1. The quantitative estimate of drug-likeness (QED) is 0.683. The smallest absolute Gasteiger partial charge is 0.120 e. The topological polar surface area (TPSA) is 35.2 Å². The van der Waals surface area contributed by atoms with Gasteiger partial charge >= 0.3 is 0 Å². The standard InChI is InChI=1S/C10H15NO/c1-7(2)12-9-4-5-10(11)8(3)6-9/h4-7H,11H2,1-3H3. The van der Waals surface area contributed by atoms with Gasteiger partial charge in [0.15, 0.2) is 0 Å². The highest BCUT2D eigenvalue weighted by Crippen LogP contribution is 2.19. The number of rotatable bonds is 2. The maximum absolute atomic E-state index is 5.66. The third-order valence-corrected chi connectivity index (χ3v) is 1.61. The first-order valence-electron chi connectivity index (χ1n) is 4.12. The second kappa shape index (κ2) is 3.48. The summed E-state index contributed by atoms with van der Waals surface area (Å²) in [6.45, 7) is 5.99.